The predicted molar refractivity (Wildman–Crippen MR) is 95.9 cm³/mol. The second-order valence-corrected chi connectivity index (χ2v) is 6.25. The Bertz CT molecular complexity index is 747. The quantitative estimate of drug-likeness (QED) is 0.580. The van der Waals surface area contributed by atoms with Gasteiger partial charge in [0.25, 0.3) is 5.91 Å². The molecule has 0 saturated heterocycles. The summed E-state index contributed by atoms with van der Waals surface area (Å²) in [6, 6.07) is 9.39. The summed E-state index contributed by atoms with van der Waals surface area (Å²) in [6.07, 6.45) is 2.26. The van der Waals surface area contributed by atoms with Crippen LogP contribution >= 0.6 is 0 Å². The van der Waals surface area contributed by atoms with Crippen LogP contribution in [-0.2, 0) is 16.0 Å². The van der Waals surface area contributed by atoms with Crippen LogP contribution in [0.4, 0.5) is 0 Å². The molecule has 0 aliphatic carbocycles. The molecule has 1 aromatic carbocycles. The first-order valence-corrected chi connectivity index (χ1v) is 8.55. The molecule has 0 radical (unpaired) electrons. The summed E-state index contributed by atoms with van der Waals surface area (Å²) in [6.45, 7) is 5.21. The molecule has 26 heavy (non-hydrogen) atoms. The molecule has 1 atom stereocenters. The molecular formula is C20H23NO5. The van der Waals surface area contributed by atoms with Crippen molar-refractivity contribution in [2.45, 2.75) is 33.2 Å². The number of furan rings is 1. The fraction of sp³-hybridized carbons (Fsp3) is 0.350. The molecular weight excluding hydrogens is 334 g/mol. The van der Waals surface area contributed by atoms with Crippen molar-refractivity contribution in [2.75, 3.05) is 6.61 Å². The molecule has 0 saturated carbocycles. The zero-order valence-corrected chi connectivity index (χ0v) is 15.2. The van der Waals surface area contributed by atoms with Crippen LogP contribution in [0.2, 0.25) is 0 Å². The molecule has 138 valence electrons. The molecule has 0 spiro atoms. The highest BCUT2D eigenvalue weighted by molar-refractivity contribution is 5.99. The number of esters is 1. The number of carbonyl (C=O) groups excluding carboxylic acids is 3. The Hall–Kier alpha value is -2.89. The number of aryl methyl sites for hydroxylation is 1. The van der Waals surface area contributed by atoms with E-state index in [-0.39, 0.29) is 24.1 Å². The number of ketones is 1. The minimum Gasteiger partial charge on any atom is -0.459 e. The van der Waals surface area contributed by atoms with Crippen molar-refractivity contribution in [2.24, 2.45) is 5.92 Å². The lowest BCUT2D eigenvalue weighted by molar-refractivity contribution is -0.145. The SMILES string of the molecule is CCc1ccc(C(=O)COC(=O)C(NC(=O)c2ccco2)C(C)C)cc1. The van der Waals surface area contributed by atoms with Crippen molar-refractivity contribution < 1.29 is 23.5 Å². The highest BCUT2D eigenvalue weighted by Crippen LogP contribution is 2.09. The van der Waals surface area contributed by atoms with E-state index in [1.807, 2.05) is 19.1 Å². The molecule has 1 amide bonds. The van der Waals surface area contributed by atoms with Crippen LogP contribution in [0.25, 0.3) is 0 Å². The average Bonchev–Trinajstić information content (AvgIpc) is 3.18. The second kappa shape index (κ2) is 8.99. The molecule has 1 heterocycles. The molecule has 0 fully saturated rings. The summed E-state index contributed by atoms with van der Waals surface area (Å²) in [7, 11) is 0. The van der Waals surface area contributed by atoms with Crippen LogP contribution in [0.3, 0.4) is 0 Å². The third-order valence-corrected chi connectivity index (χ3v) is 3.98. The number of rotatable bonds is 8. The summed E-state index contributed by atoms with van der Waals surface area (Å²) in [5.41, 5.74) is 1.61. The van der Waals surface area contributed by atoms with Crippen LogP contribution in [0.1, 0.15) is 47.2 Å². The third kappa shape index (κ3) is 5.05. The number of benzene rings is 1. The zero-order chi connectivity index (χ0) is 19.1. The van der Waals surface area contributed by atoms with Crippen molar-refractivity contribution in [3.8, 4) is 0 Å². The van der Waals surface area contributed by atoms with Gasteiger partial charge in [0.15, 0.2) is 18.2 Å². The van der Waals surface area contributed by atoms with E-state index in [1.54, 1.807) is 32.0 Å². The smallest absolute Gasteiger partial charge is 0.329 e. The van der Waals surface area contributed by atoms with Gasteiger partial charge in [-0.25, -0.2) is 4.79 Å². The first-order valence-electron chi connectivity index (χ1n) is 8.55. The van der Waals surface area contributed by atoms with Crippen LogP contribution < -0.4 is 5.32 Å². The molecule has 6 heteroatoms. The van der Waals surface area contributed by atoms with Gasteiger partial charge in [0.2, 0.25) is 0 Å². The van der Waals surface area contributed by atoms with E-state index in [4.69, 9.17) is 9.15 Å². The van der Waals surface area contributed by atoms with Crippen LogP contribution in [-0.4, -0.2) is 30.3 Å². The van der Waals surface area contributed by atoms with Gasteiger partial charge < -0.3 is 14.5 Å². The summed E-state index contributed by atoms with van der Waals surface area (Å²) in [5, 5.41) is 2.58. The van der Waals surface area contributed by atoms with Gasteiger partial charge in [-0.15, -0.1) is 0 Å². The molecule has 1 unspecified atom stereocenters. The summed E-state index contributed by atoms with van der Waals surface area (Å²) in [4.78, 5) is 36.5. The van der Waals surface area contributed by atoms with Gasteiger partial charge in [-0.1, -0.05) is 45.0 Å². The largest absolute Gasteiger partial charge is 0.459 e. The highest BCUT2D eigenvalue weighted by atomic mass is 16.5. The minimum atomic E-state index is -0.872. The molecule has 1 N–H and O–H groups in total. The summed E-state index contributed by atoms with van der Waals surface area (Å²) < 4.78 is 10.1. The van der Waals surface area contributed by atoms with Crippen molar-refractivity contribution in [1.29, 1.82) is 0 Å². The first-order chi connectivity index (χ1) is 12.4. The second-order valence-electron chi connectivity index (χ2n) is 6.25. The Labute approximate surface area is 152 Å². The van der Waals surface area contributed by atoms with Gasteiger partial charge in [-0.05, 0) is 30.0 Å². The Balaban J connectivity index is 1.94. The Morgan fingerprint density at radius 1 is 1.12 bits per heavy atom. The lowest BCUT2D eigenvalue weighted by Gasteiger charge is -2.20. The number of nitrogens with one attached hydrogen (secondary N) is 1. The number of amides is 1. The lowest BCUT2D eigenvalue weighted by Crippen LogP contribution is -2.45. The maximum atomic E-state index is 12.3. The van der Waals surface area contributed by atoms with Gasteiger partial charge in [-0.2, -0.15) is 0 Å². The van der Waals surface area contributed by atoms with E-state index in [0.29, 0.717) is 5.56 Å². The number of carbonyl (C=O) groups is 3. The van der Waals surface area contributed by atoms with Gasteiger partial charge in [-0.3, -0.25) is 9.59 Å². The summed E-state index contributed by atoms with van der Waals surface area (Å²) in [5.74, 6) is -1.55. The monoisotopic (exact) mass is 357 g/mol. The minimum absolute atomic E-state index is 0.107. The molecule has 2 aromatic rings. The van der Waals surface area contributed by atoms with Crippen LogP contribution in [0.5, 0.6) is 0 Å². The van der Waals surface area contributed by atoms with Crippen molar-refractivity contribution in [1.82, 2.24) is 5.32 Å². The zero-order valence-electron chi connectivity index (χ0n) is 15.2. The van der Waals surface area contributed by atoms with E-state index in [1.165, 1.54) is 12.3 Å². The van der Waals surface area contributed by atoms with E-state index < -0.39 is 17.9 Å². The van der Waals surface area contributed by atoms with Crippen LogP contribution in [0.15, 0.2) is 47.1 Å². The molecule has 0 bridgehead atoms. The lowest BCUT2D eigenvalue weighted by atomic mass is 10.0. The van der Waals surface area contributed by atoms with Crippen molar-refractivity contribution in [3.63, 3.8) is 0 Å². The average molecular weight is 357 g/mol. The molecule has 1 aromatic heterocycles. The predicted octanol–water partition coefficient (Wildman–Crippen LogP) is 3.02. The standard InChI is InChI=1S/C20H23NO5/c1-4-14-7-9-15(10-8-14)16(22)12-26-20(24)18(13(2)3)21-19(23)17-6-5-11-25-17/h5-11,13,18H,4,12H2,1-3H3,(H,21,23). The maximum absolute atomic E-state index is 12.3. The van der Waals surface area contributed by atoms with Gasteiger partial charge >= 0.3 is 5.97 Å². The first kappa shape index (κ1) is 19.4. The van der Waals surface area contributed by atoms with Crippen molar-refractivity contribution in [3.05, 3.63) is 59.5 Å². The number of hydrogen-bond donors (Lipinski definition) is 1. The Morgan fingerprint density at radius 3 is 2.35 bits per heavy atom. The third-order valence-electron chi connectivity index (χ3n) is 3.98. The topological polar surface area (TPSA) is 85.6 Å². The Kier molecular flexibility index (Phi) is 6.72. The van der Waals surface area contributed by atoms with E-state index in [0.717, 1.165) is 12.0 Å². The fourth-order valence-electron chi connectivity index (χ4n) is 2.35. The maximum Gasteiger partial charge on any atom is 0.329 e. The Morgan fingerprint density at radius 2 is 1.81 bits per heavy atom. The van der Waals surface area contributed by atoms with Crippen molar-refractivity contribution >= 4 is 17.7 Å². The van der Waals surface area contributed by atoms with Gasteiger partial charge in [0, 0.05) is 5.56 Å². The molecule has 2 rings (SSSR count). The number of Topliss-reactive ketones (excluding diaryl/α,β-unsaturated/α-hetero) is 1. The molecule has 0 aliphatic heterocycles. The fourth-order valence-corrected chi connectivity index (χ4v) is 2.35. The van der Waals surface area contributed by atoms with Gasteiger partial charge in [0.1, 0.15) is 6.04 Å². The van der Waals surface area contributed by atoms with E-state index in [9.17, 15) is 14.4 Å². The number of ether oxygens (including phenoxy) is 1. The summed E-state index contributed by atoms with van der Waals surface area (Å²) >= 11 is 0. The molecule has 0 aliphatic rings. The van der Waals surface area contributed by atoms with Crippen LogP contribution in [0, 0.1) is 5.92 Å². The number of hydrogen-bond acceptors (Lipinski definition) is 5. The highest BCUT2D eigenvalue weighted by Gasteiger charge is 2.27. The van der Waals surface area contributed by atoms with Gasteiger partial charge in [0.05, 0.1) is 6.26 Å². The van der Waals surface area contributed by atoms with E-state index in [2.05, 4.69) is 5.32 Å². The normalized spacial score (nSPS) is 11.8. The van der Waals surface area contributed by atoms with E-state index >= 15 is 0 Å². The molecule has 6 nitrogen and oxygen atoms in total.